The normalized spacial score (nSPS) is 13.5. The number of halogens is 1. The van der Waals surface area contributed by atoms with Gasteiger partial charge in [-0.1, -0.05) is 22.6 Å². The van der Waals surface area contributed by atoms with E-state index in [1.165, 1.54) is 0 Å². The zero-order valence-electron chi connectivity index (χ0n) is 6.19. The van der Waals surface area contributed by atoms with Crippen molar-refractivity contribution in [1.29, 1.82) is 0 Å². The third-order valence-electron chi connectivity index (χ3n) is 0.945. The average molecular weight is 253 g/mol. The van der Waals surface area contributed by atoms with Gasteiger partial charge in [0, 0.05) is 11.5 Å². The summed E-state index contributed by atoms with van der Waals surface area (Å²) in [6, 6.07) is 0. The van der Waals surface area contributed by atoms with Crippen molar-refractivity contribution in [3.8, 4) is 0 Å². The van der Waals surface area contributed by atoms with E-state index in [9.17, 15) is 0 Å². The molecule has 0 atom stereocenters. The molecule has 0 aromatic rings. The third-order valence-corrected chi connectivity index (χ3v) is 1.39. The number of nitrogens with one attached hydrogen (secondary N) is 1. The molecule has 0 spiro atoms. The number of nitrogens with zero attached hydrogens (tertiary/aromatic N) is 1. The highest BCUT2D eigenvalue weighted by molar-refractivity contribution is 14.1. The van der Waals surface area contributed by atoms with Gasteiger partial charge in [-0.2, -0.15) is 0 Å². The summed E-state index contributed by atoms with van der Waals surface area (Å²) in [5.74, 6) is 1.40. The molecule has 0 saturated carbocycles. The minimum absolute atomic E-state index is 0.571. The second-order valence-electron chi connectivity index (χ2n) is 1.73. The molecule has 0 bridgehead atoms. The number of rotatable bonds is 2. The van der Waals surface area contributed by atoms with Gasteiger partial charge in [0.25, 0.3) is 0 Å². The number of hydrogen-bond acceptors (Lipinski definition) is 2. The molecule has 0 aromatic carbocycles. The quantitative estimate of drug-likeness (QED) is 0.332. The molecule has 0 aliphatic rings. The summed E-state index contributed by atoms with van der Waals surface area (Å²) in [5, 5.41) is 2.88. The maximum absolute atomic E-state index is 5.49. The molecule has 0 unspecified atom stereocenters. The van der Waals surface area contributed by atoms with E-state index < -0.39 is 0 Å². The van der Waals surface area contributed by atoms with Crippen LogP contribution >= 0.6 is 22.6 Å². The predicted octanol–water partition coefficient (Wildman–Crippen LogP) is 0.859. The summed E-state index contributed by atoms with van der Waals surface area (Å²) in [6.07, 6.45) is 1.86. The Bertz CT molecular complexity index is 151. The van der Waals surface area contributed by atoms with Crippen LogP contribution in [-0.2, 0) is 0 Å². The smallest absolute Gasteiger partial charge is 0.122 e. The molecule has 0 aliphatic heterocycles. The third kappa shape index (κ3) is 4.60. The van der Waals surface area contributed by atoms with Gasteiger partial charge in [0.15, 0.2) is 0 Å². The van der Waals surface area contributed by atoms with Crippen LogP contribution in [-0.4, -0.2) is 17.3 Å². The monoisotopic (exact) mass is 253 g/mol. The minimum Gasteiger partial charge on any atom is -0.384 e. The van der Waals surface area contributed by atoms with Crippen molar-refractivity contribution in [2.24, 2.45) is 10.7 Å². The molecule has 0 radical (unpaired) electrons. The Morgan fingerprint density at radius 1 is 1.80 bits per heavy atom. The molecule has 3 N–H and O–H groups in total. The van der Waals surface area contributed by atoms with Crippen LogP contribution in [0.5, 0.6) is 0 Å². The lowest BCUT2D eigenvalue weighted by molar-refractivity contribution is 1.11. The second kappa shape index (κ2) is 5.52. The number of allylic oxidation sites excluding steroid dienone is 1. The van der Waals surface area contributed by atoms with E-state index in [0.29, 0.717) is 5.82 Å². The number of hydrogen-bond donors (Lipinski definition) is 2. The topological polar surface area (TPSA) is 50.4 Å². The molecule has 3 nitrogen and oxygen atoms in total. The van der Waals surface area contributed by atoms with Crippen molar-refractivity contribution in [3.63, 3.8) is 0 Å². The fourth-order valence-electron chi connectivity index (χ4n) is 0.374. The first kappa shape index (κ1) is 9.74. The number of alkyl halides is 1. The molecule has 0 saturated heterocycles. The first-order valence-corrected chi connectivity index (χ1v) is 4.48. The lowest BCUT2D eigenvalue weighted by Crippen LogP contribution is -2.15. The van der Waals surface area contributed by atoms with Gasteiger partial charge in [-0.3, -0.25) is 0 Å². The summed E-state index contributed by atoms with van der Waals surface area (Å²) in [6.45, 7) is 1.87. The molecule has 0 amide bonds. The minimum atomic E-state index is 0.571. The van der Waals surface area contributed by atoms with Crippen LogP contribution < -0.4 is 11.1 Å². The highest BCUT2D eigenvalue weighted by atomic mass is 127. The van der Waals surface area contributed by atoms with Crippen molar-refractivity contribution < 1.29 is 0 Å². The Kier molecular flexibility index (Phi) is 5.38. The standard InChI is InChI=1S/C6H12IN3/c1-5(9-2)10-6(8)3-4-7/h3H,4,8H2,1-2H3,(H,9,10)/b6-3-. The van der Waals surface area contributed by atoms with E-state index in [4.69, 9.17) is 5.73 Å². The highest BCUT2D eigenvalue weighted by Gasteiger charge is 1.85. The van der Waals surface area contributed by atoms with Crippen molar-refractivity contribution in [3.05, 3.63) is 11.9 Å². The number of nitrogens with two attached hydrogens (primary N) is 1. The number of amidine groups is 1. The summed E-state index contributed by atoms with van der Waals surface area (Å²) < 4.78 is 0.893. The van der Waals surface area contributed by atoms with Crippen LogP contribution in [0.2, 0.25) is 0 Å². The molecule has 0 heterocycles. The van der Waals surface area contributed by atoms with E-state index in [1.54, 1.807) is 0 Å². The van der Waals surface area contributed by atoms with Crippen LogP contribution in [0.3, 0.4) is 0 Å². The van der Waals surface area contributed by atoms with Gasteiger partial charge in [-0.25, -0.2) is 4.99 Å². The molecule has 4 heteroatoms. The van der Waals surface area contributed by atoms with Crippen molar-refractivity contribution in [2.75, 3.05) is 11.5 Å². The van der Waals surface area contributed by atoms with E-state index in [1.807, 2.05) is 20.0 Å². The first-order chi connectivity index (χ1) is 4.70. The fraction of sp³-hybridized carbons (Fsp3) is 0.500. The van der Waals surface area contributed by atoms with Crippen molar-refractivity contribution in [2.45, 2.75) is 6.92 Å². The lowest BCUT2D eigenvalue weighted by Gasteiger charge is -1.96. The summed E-state index contributed by atoms with van der Waals surface area (Å²) in [7, 11) is 1.82. The summed E-state index contributed by atoms with van der Waals surface area (Å²) in [5.41, 5.74) is 5.49. The molecule has 0 aromatic heterocycles. The van der Waals surface area contributed by atoms with Crippen LogP contribution in [0.4, 0.5) is 0 Å². The maximum Gasteiger partial charge on any atom is 0.122 e. The van der Waals surface area contributed by atoms with Gasteiger partial charge in [-0.15, -0.1) is 0 Å². The predicted molar refractivity (Wildman–Crippen MR) is 53.3 cm³/mol. The molecular weight excluding hydrogens is 241 g/mol. The van der Waals surface area contributed by atoms with Gasteiger partial charge >= 0.3 is 0 Å². The van der Waals surface area contributed by atoms with E-state index in [-0.39, 0.29) is 0 Å². The zero-order valence-corrected chi connectivity index (χ0v) is 8.34. The SMILES string of the molecule is CN/C(C)=N\C(N)=C/CI. The zero-order chi connectivity index (χ0) is 7.98. The molecule has 0 aliphatic carbocycles. The van der Waals surface area contributed by atoms with E-state index in [2.05, 4.69) is 32.9 Å². The fourth-order valence-corrected chi connectivity index (χ4v) is 0.825. The molecule has 10 heavy (non-hydrogen) atoms. The van der Waals surface area contributed by atoms with Crippen LogP contribution in [0.15, 0.2) is 16.9 Å². The van der Waals surface area contributed by atoms with Crippen LogP contribution in [0, 0.1) is 0 Å². The maximum atomic E-state index is 5.49. The van der Waals surface area contributed by atoms with E-state index in [0.717, 1.165) is 10.3 Å². The number of aliphatic imine (C=N–C) groups is 1. The molecule has 0 fully saturated rings. The molecule has 58 valence electrons. The van der Waals surface area contributed by atoms with Gasteiger partial charge in [-0.05, 0) is 13.0 Å². The summed E-state index contributed by atoms with van der Waals surface area (Å²) in [4.78, 5) is 4.02. The van der Waals surface area contributed by atoms with Crippen molar-refractivity contribution >= 4 is 28.4 Å². The Morgan fingerprint density at radius 2 is 2.40 bits per heavy atom. The van der Waals surface area contributed by atoms with Gasteiger partial charge in [0.05, 0.1) is 0 Å². The lowest BCUT2D eigenvalue weighted by atomic mass is 10.6. The second-order valence-corrected chi connectivity index (χ2v) is 2.61. The van der Waals surface area contributed by atoms with E-state index >= 15 is 0 Å². The van der Waals surface area contributed by atoms with Gasteiger partial charge < -0.3 is 11.1 Å². The largest absolute Gasteiger partial charge is 0.384 e. The van der Waals surface area contributed by atoms with Crippen LogP contribution in [0.1, 0.15) is 6.92 Å². The van der Waals surface area contributed by atoms with Gasteiger partial charge in [0.2, 0.25) is 0 Å². The molecule has 0 rings (SSSR count). The molecular formula is C6H12IN3. The summed E-state index contributed by atoms with van der Waals surface area (Å²) >= 11 is 2.22. The Balaban J connectivity index is 3.98. The van der Waals surface area contributed by atoms with Crippen LogP contribution in [0.25, 0.3) is 0 Å². The first-order valence-electron chi connectivity index (χ1n) is 2.95. The Hall–Kier alpha value is -0.260. The van der Waals surface area contributed by atoms with Crippen molar-refractivity contribution in [1.82, 2.24) is 5.32 Å². The van der Waals surface area contributed by atoms with Gasteiger partial charge in [0.1, 0.15) is 11.7 Å². The Labute approximate surface area is 74.9 Å². The average Bonchev–Trinajstić information content (AvgIpc) is 1.88. The Morgan fingerprint density at radius 3 is 2.80 bits per heavy atom. The highest BCUT2D eigenvalue weighted by Crippen LogP contribution is 1.90.